The number of urea groups is 1. The zero-order valence-corrected chi connectivity index (χ0v) is 12.8. The number of para-hydroxylation sites is 1. The van der Waals surface area contributed by atoms with Crippen molar-refractivity contribution in [1.82, 2.24) is 5.32 Å². The molecule has 116 valence electrons. The molecule has 3 N–H and O–H groups in total. The Morgan fingerprint density at radius 2 is 1.90 bits per heavy atom. The fourth-order valence-electron chi connectivity index (χ4n) is 2.17. The summed E-state index contributed by atoms with van der Waals surface area (Å²) in [6, 6.07) is 7.19. The van der Waals surface area contributed by atoms with E-state index in [-0.39, 0.29) is 18.5 Å². The third-order valence-corrected chi connectivity index (χ3v) is 3.26. The summed E-state index contributed by atoms with van der Waals surface area (Å²) in [5.41, 5.74) is 1.80. The minimum absolute atomic E-state index is 0.133. The zero-order chi connectivity index (χ0) is 15.8. The van der Waals surface area contributed by atoms with Crippen LogP contribution >= 0.6 is 0 Å². The van der Waals surface area contributed by atoms with Gasteiger partial charge in [0.15, 0.2) is 0 Å². The first-order chi connectivity index (χ1) is 9.93. The van der Waals surface area contributed by atoms with Gasteiger partial charge in [-0.1, -0.05) is 39.0 Å². The van der Waals surface area contributed by atoms with Gasteiger partial charge in [-0.15, -0.1) is 0 Å². The van der Waals surface area contributed by atoms with Crippen LogP contribution in [-0.4, -0.2) is 23.7 Å². The molecule has 5 nitrogen and oxygen atoms in total. The molecule has 0 aromatic heterocycles. The topological polar surface area (TPSA) is 78.4 Å². The molecule has 0 aliphatic rings. The van der Waals surface area contributed by atoms with E-state index in [0.717, 1.165) is 17.7 Å². The lowest BCUT2D eigenvalue weighted by Crippen LogP contribution is -2.36. The Morgan fingerprint density at radius 3 is 2.48 bits per heavy atom. The van der Waals surface area contributed by atoms with Crippen molar-refractivity contribution in [3.63, 3.8) is 0 Å². The minimum Gasteiger partial charge on any atom is -0.481 e. The molecule has 1 rings (SSSR count). The Hall–Kier alpha value is -2.04. The maximum absolute atomic E-state index is 11.9. The molecule has 0 heterocycles. The van der Waals surface area contributed by atoms with Gasteiger partial charge < -0.3 is 15.7 Å². The van der Waals surface area contributed by atoms with Gasteiger partial charge in [0.2, 0.25) is 0 Å². The van der Waals surface area contributed by atoms with Gasteiger partial charge in [-0.3, -0.25) is 4.79 Å². The van der Waals surface area contributed by atoms with E-state index < -0.39 is 11.9 Å². The van der Waals surface area contributed by atoms with Gasteiger partial charge in [-0.2, -0.15) is 0 Å². The van der Waals surface area contributed by atoms with Crippen molar-refractivity contribution in [1.29, 1.82) is 0 Å². The monoisotopic (exact) mass is 292 g/mol. The number of hydrogen-bond donors (Lipinski definition) is 3. The molecule has 0 aliphatic heterocycles. The fourth-order valence-corrected chi connectivity index (χ4v) is 2.17. The maximum atomic E-state index is 11.9. The van der Waals surface area contributed by atoms with E-state index >= 15 is 0 Å². The molecule has 1 aromatic carbocycles. The molecule has 0 saturated carbocycles. The average Bonchev–Trinajstić information content (AvgIpc) is 2.43. The molecule has 0 aliphatic carbocycles. The molecular weight excluding hydrogens is 268 g/mol. The molecule has 0 bridgehead atoms. The Kier molecular flexibility index (Phi) is 6.72. The van der Waals surface area contributed by atoms with Crippen molar-refractivity contribution in [2.45, 2.75) is 33.6 Å². The van der Waals surface area contributed by atoms with Crippen LogP contribution in [0, 0.1) is 11.8 Å². The van der Waals surface area contributed by atoms with Gasteiger partial charge in [0.05, 0.1) is 5.92 Å². The first-order valence-electron chi connectivity index (χ1n) is 7.29. The van der Waals surface area contributed by atoms with Crippen LogP contribution in [0.2, 0.25) is 0 Å². The number of rotatable bonds is 7. The summed E-state index contributed by atoms with van der Waals surface area (Å²) in [5.74, 6) is -1.16. The Bertz CT molecular complexity index is 486. The second-order valence-corrected chi connectivity index (χ2v) is 5.51. The van der Waals surface area contributed by atoms with Gasteiger partial charge in [0.1, 0.15) is 0 Å². The number of carboxylic acids is 1. The van der Waals surface area contributed by atoms with Crippen LogP contribution < -0.4 is 10.6 Å². The first-order valence-corrected chi connectivity index (χ1v) is 7.29. The molecule has 2 amide bonds. The van der Waals surface area contributed by atoms with Crippen molar-refractivity contribution in [2.75, 3.05) is 11.9 Å². The summed E-state index contributed by atoms with van der Waals surface area (Å²) >= 11 is 0. The Morgan fingerprint density at radius 1 is 1.24 bits per heavy atom. The van der Waals surface area contributed by atoms with Gasteiger partial charge in [0.25, 0.3) is 0 Å². The number of benzene rings is 1. The van der Waals surface area contributed by atoms with Gasteiger partial charge >= 0.3 is 12.0 Å². The number of aliphatic carboxylic acids is 1. The highest BCUT2D eigenvalue weighted by atomic mass is 16.4. The molecule has 0 fully saturated rings. The predicted octanol–water partition coefficient (Wildman–Crippen LogP) is 3.12. The summed E-state index contributed by atoms with van der Waals surface area (Å²) in [7, 11) is 0. The SMILES string of the molecule is CCc1ccccc1NC(=O)NCC(CC(C)C)C(=O)O. The minimum atomic E-state index is -0.877. The van der Waals surface area contributed by atoms with E-state index in [9.17, 15) is 9.59 Å². The molecule has 0 radical (unpaired) electrons. The Balaban J connectivity index is 2.55. The summed E-state index contributed by atoms with van der Waals surface area (Å²) < 4.78 is 0. The molecule has 21 heavy (non-hydrogen) atoms. The normalized spacial score (nSPS) is 12.0. The molecular formula is C16H24N2O3. The highest BCUT2D eigenvalue weighted by molar-refractivity contribution is 5.90. The summed E-state index contributed by atoms with van der Waals surface area (Å²) in [6.45, 7) is 6.08. The van der Waals surface area contributed by atoms with Crippen LogP contribution in [-0.2, 0) is 11.2 Å². The first kappa shape index (κ1) is 17.0. The van der Waals surface area contributed by atoms with Crippen molar-refractivity contribution < 1.29 is 14.7 Å². The van der Waals surface area contributed by atoms with Crippen molar-refractivity contribution >= 4 is 17.7 Å². The lowest BCUT2D eigenvalue weighted by Gasteiger charge is -2.16. The van der Waals surface area contributed by atoms with E-state index in [0.29, 0.717) is 6.42 Å². The molecule has 0 saturated heterocycles. The van der Waals surface area contributed by atoms with E-state index in [1.54, 1.807) is 0 Å². The van der Waals surface area contributed by atoms with E-state index in [4.69, 9.17) is 5.11 Å². The number of anilines is 1. The van der Waals surface area contributed by atoms with Crippen molar-refractivity contribution in [3.8, 4) is 0 Å². The maximum Gasteiger partial charge on any atom is 0.319 e. The predicted molar refractivity (Wildman–Crippen MR) is 83.4 cm³/mol. The third-order valence-electron chi connectivity index (χ3n) is 3.26. The van der Waals surface area contributed by atoms with Crippen molar-refractivity contribution in [2.24, 2.45) is 11.8 Å². The molecule has 1 unspecified atom stereocenters. The van der Waals surface area contributed by atoms with Gasteiger partial charge in [-0.25, -0.2) is 4.79 Å². The van der Waals surface area contributed by atoms with Crippen LogP contribution in [0.1, 0.15) is 32.8 Å². The fraction of sp³-hybridized carbons (Fsp3) is 0.500. The number of aryl methyl sites for hydroxylation is 1. The van der Waals surface area contributed by atoms with Gasteiger partial charge in [0, 0.05) is 12.2 Å². The van der Waals surface area contributed by atoms with Crippen LogP contribution in [0.5, 0.6) is 0 Å². The number of carbonyl (C=O) groups is 2. The average molecular weight is 292 g/mol. The lowest BCUT2D eigenvalue weighted by atomic mass is 9.97. The number of carbonyl (C=O) groups excluding carboxylic acids is 1. The largest absolute Gasteiger partial charge is 0.481 e. The van der Waals surface area contributed by atoms with E-state index in [2.05, 4.69) is 10.6 Å². The van der Waals surface area contributed by atoms with E-state index in [1.807, 2.05) is 45.0 Å². The molecule has 1 atom stereocenters. The van der Waals surface area contributed by atoms with Crippen LogP contribution in [0.25, 0.3) is 0 Å². The van der Waals surface area contributed by atoms with Crippen molar-refractivity contribution in [3.05, 3.63) is 29.8 Å². The standard InChI is InChI=1S/C16H24N2O3/c1-4-12-7-5-6-8-14(12)18-16(21)17-10-13(15(19)20)9-11(2)3/h5-8,11,13H,4,9-10H2,1-3H3,(H,19,20)(H2,17,18,21). The molecule has 0 spiro atoms. The van der Waals surface area contributed by atoms with Crippen LogP contribution in [0.15, 0.2) is 24.3 Å². The van der Waals surface area contributed by atoms with Crippen LogP contribution in [0.3, 0.4) is 0 Å². The summed E-state index contributed by atoms with van der Waals surface area (Å²) in [6.07, 6.45) is 1.36. The summed E-state index contributed by atoms with van der Waals surface area (Å²) in [4.78, 5) is 23.0. The smallest absolute Gasteiger partial charge is 0.319 e. The number of carboxylic acid groups (broad SMARTS) is 1. The highest BCUT2D eigenvalue weighted by Gasteiger charge is 2.19. The van der Waals surface area contributed by atoms with Crippen LogP contribution in [0.4, 0.5) is 10.5 Å². The second-order valence-electron chi connectivity index (χ2n) is 5.51. The second kappa shape index (κ2) is 8.29. The number of amides is 2. The molecule has 1 aromatic rings. The third kappa shape index (κ3) is 5.85. The zero-order valence-electron chi connectivity index (χ0n) is 12.8. The van der Waals surface area contributed by atoms with Gasteiger partial charge in [-0.05, 0) is 30.4 Å². The Labute approximate surface area is 125 Å². The summed E-state index contributed by atoms with van der Waals surface area (Å²) in [5, 5.41) is 14.5. The highest BCUT2D eigenvalue weighted by Crippen LogP contribution is 2.15. The quantitative estimate of drug-likeness (QED) is 0.722. The number of hydrogen-bond acceptors (Lipinski definition) is 2. The molecule has 5 heteroatoms. The lowest BCUT2D eigenvalue weighted by molar-refractivity contribution is -0.142. The number of nitrogens with one attached hydrogen (secondary N) is 2. The van der Waals surface area contributed by atoms with E-state index in [1.165, 1.54) is 0 Å².